The average Bonchev–Trinajstić information content (AvgIpc) is 2.81. The van der Waals surface area contributed by atoms with E-state index in [4.69, 9.17) is 5.73 Å². The van der Waals surface area contributed by atoms with Crippen LogP contribution in [0.2, 0.25) is 0 Å². The van der Waals surface area contributed by atoms with Gasteiger partial charge in [-0.2, -0.15) is 0 Å². The molecule has 0 spiro atoms. The van der Waals surface area contributed by atoms with E-state index in [-0.39, 0.29) is 11.7 Å². The summed E-state index contributed by atoms with van der Waals surface area (Å²) in [5.74, 6) is 0.543. The molecule has 1 heterocycles. The number of aromatic hydroxyl groups is 1. The van der Waals surface area contributed by atoms with E-state index in [1.807, 2.05) is 18.2 Å². The van der Waals surface area contributed by atoms with Crippen molar-refractivity contribution in [2.24, 2.45) is 5.73 Å². The first-order chi connectivity index (χ1) is 10.2. The van der Waals surface area contributed by atoms with Gasteiger partial charge in [0.05, 0.1) is 0 Å². The van der Waals surface area contributed by atoms with Crippen molar-refractivity contribution < 1.29 is 5.11 Å². The zero-order valence-electron chi connectivity index (χ0n) is 12.1. The van der Waals surface area contributed by atoms with Gasteiger partial charge in [0.2, 0.25) is 0 Å². The molecule has 21 heavy (non-hydrogen) atoms. The third-order valence-electron chi connectivity index (χ3n) is 4.13. The monoisotopic (exact) mass is 280 g/mol. The summed E-state index contributed by atoms with van der Waals surface area (Å²) in [5.41, 5.74) is 10.9. The number of phenols is 1. The Kier molecular flexibility index (Phi) is 3.67. The second kappa shape index (κ2) is 5.62. The summed E-state index contributed by atoms with van der Waals surface area (Å²) in [7, 11) is 0. The average molecular weight is 280 g/mol. The molecule has 3 rings (SSSR count). The zero-order chi connectivity index (χ0) is 14.8. The van der Waals surface area contributed by atoms with Crippen molar-refractivity contribution >= 4 is 10.9 Å². The molecule has 1 aromatic heterocycles. The van der Waals surface area contributed by atoms with Gasteiger partial charge in [0.15, 0.2) is 0 Å². The van der Waals surface area contributed by atoms with E-state index in [1.54, 1.807) is 12.1 Å². The summed E-state index contributed by atoms with van der Waals surface area (Å²) in [6.45, 7) is 2.70. The normalized spacial score (nSPS) is 12.7. The van der Waals surface area contributed by atoms with Gasteiger partial charge in [-0.1, -0.05) is 30.3 Å². The lowest BCUT2D eigenvalue weighted by atomic mass is 9.91. The molecule has 0 saturated heterocycles. The number of aryl methyl sites for hydroxylation is 1. The number of aromatic amines is 1. The summed E-state index contributed by atoms with van der Waals surface area (Å²) in [6, 6.07) is 15.7. The molecule has 108 valence electrons. The third-order valence-corrected chi connectivity index (χ3v) is 4.13. The topological polar surface area (TPSA) is 62.0 Å². The molecule has 3 aromatic rings. The fraction of sp³-hybridized carbons (Fsp3) is 0.222. The van der Waals surface area contributed by atoms with Crippen LogP contribution in [-0.4, -0.2) is 16.6 Å². The minimum atomic E-state index is 0.253. The number of H-pyrrole nitrogens is 1. The lowest BCUT2D eigenvalue weighted by Crippen LogP contribution is -2.15. The van der Waals surface area contributed by atoms with E-state index in [9.17, 15) is 5.11 Å². The minimum absolute atomic E-state index is 0.253. The van der Waals surface area contributed by atoms with Gasteiger partial charge in [-0.3, -0.25) is 0 Å². The Hall–Kier alpha value is -2.26. The number of nitrogens with one attached hydrogen (secondary N) is 1. The highest BCUT2D eigenvalue weighted by Gasteiger charge is 2.15. The van der Waals surface area contributed by atoms with Crippen molar-refractivity contribution in [3.63, 3.8) is 0 Å². The van der Waals surface area contributed by atoms with Gasteiger partial charge in [-0.05, 0) is 49.2 Å². The fourth-order valence-corrected chi connectivity index (χ4v) is 2.93. The lowest BCUT2D eigenvalue weighted by molar-refractivity contribution is 0.475. The molecule has 0 fully saturated rings. The highest BCUT2D eigenvalue weighted by Crippen LogP contribution is 2.28. The van der Waals surface area contributed by atoms with E-state index in [2.05, 4.69) is 30.1 Å². The number of phenolic OH excluding ortho intramolecular Hbond substituents is 1. The number of fused-ring (bicyclic) bond motifs is 1. The number of aromatic nitrogens is 1. The Balaban J connectivity index is 1.96. The second-order valence-electron chi connectivity index (χ2n) is 5.50. The van der Waals surface area contributed by atoms with Gasteiger partial charge in [0.25, 0.3) is 0 Å². The number of hydrogen-bond acceptors (Lipinski definition) is 2. The highest BCUT2D eigenvalue weighted by molar-refractivity contribution is 5.84. The van der Waals surface area contributed by atoms with E-state index >= 15 is 0 Å². The first-order valence-electron chi connectivity index (χ1n) is 7.24. The predicted octanol–water partition coefficient (Wildman–Crippen LogP) is 3.47. The Bertz CT molecular complexity index is 744. The summed E-state index contributed by atoms with van der Waals surface area (Å²) < 4.78 is 0. The van der Waals surface area contributed by atoms with Gasteiger partial charge in [-0.15, -0.1) is 0 Å². The van der Waals surface area contributed by atoms with E-state index < -0.39 is 0 Å². The van der Waals surface area contributed by atoms with Gasteiger partial charge < -0.3 is 15.8 Å². The maximum Gasteiger partial charge on any atom is 0.115 e. The molecule has 0 aliphatic carbocycles. The van der Waals surface area contributed by atoms with Crippen LogP contribution < -0.4 is 5.73 Å². The molecule has 0 aliphatic heterocycles. The molecule has 0 aliphatic rings. The van der Waals surface area contributed by atoms with Crippen LogP contribution in [0.5, 0.6) is 5.75 Å². The standard InChI is InChI=1S/C18H20N2O/c1-12-17(16-4-2-3-5-18(16)20-12)10-14(11-19)13-6-8-15(21)9-7-13/h2-9,14,20-21H,10-11,19H2,1H3. The summed E-state index contributed by atoms with van der Waals surface area (Å²) in [5, 5.41) is 10.7. The third kappa shape index (κ3) is 2.65. The first-order valence-corrected chi connectivity index (χ1v) is 7.24. The number of benzene rings is 2. The van der Waals surface area contributed by atoms with Crippen LogP contribution in [0.25, 0.3) is 10.9 Å². The molecule has 2 aromatic carbocycles. The van der Waals surface area contributed by atoms with Gasteiger partial charge in [0, 0.05) is 22.5 Å². The van der Waals surface area contributed by atoms with Crippen LogP contribution in [0.4, 0.5) is 0 Å². The van der Waals surface area contributed by atoms with Crippen molar-refractivity contribution in [1.82, 2.24) is 4.98 Å². The molecular formula is C18H20N2O. The van der Waals surface area contributed by atoms with Crippen molar-refractivity contribution in [2.45, 2.75) is 19.3 Å². The molecule has 3 nitrogen and oxygen atoms in total. The summed E-state index contributed by atoms with van der Waals surface area (Å²) >= 11 is 0. The highest BCUT2D eigenvalue weighted by atomic mass is 16.3. The lowest BCUT2D eigenvalue weighted by Gasteiger charge is -2.15. The maximum absolute atomic E-state index is 9.42. The molecule has 0 bridgehead atoms. The quantitative estimate of drug-likeness (QED) is 0.685. The van der Waals surface area contributed by atoms with E-state index in [0.717, 1.165) is 6.42 Å². The number of hydrogen-bond donors (Lipinski definition) is 3. The van der Waals surface area contributed by atoms with Crippen LogP contribution in [0, 0.1) is 6.92 Å². The fourth-order valence-electron chi connectivity index (χ4n) is 2.93. The number of rotatable bonds is 4. The van der Waals surface area contributed by atoms with Gasteiger partial charge in [0.1, 0.15) is 5.75 Å². The second-order valence-corrected chi connectivity index (χ2v) is 5.50. The molecule has 1 unspecified atom stereocenters. The first kappa shape index (κ1) is 13.7. The van der Waals surface area contributed by atoms with Crippen molar-refractivity contribution in [2.75, 3.05) is 6.54 Å². The van der Waals surface area contributed by atoms with Crippen LogP contribution in [0.3, 0.4) is 0 Å². The minimum Gasteiger partial charge on any atom is -0.508 e. The molecule has 0 radical (unpaired) electrons. The van der Waals surface area contributed by atoms with Crippen molar-refractivity contribution in [3.8, 4) is 5.75 Å². The SMILES string of the molecule is Cc1[nH]c2ccccc2c1CC(CN)c1ccc(O)cc1. The largest absolute Gasteiger partial charge is 0.508 e. The molecule has 3 heteroatoms. The number of nitrogens with two attached hydrogens (primary N) is 1. The van der Waals surface area contributed by atoms with Crippen LogP contribution in [-0.2, 0) is 6.42 Å². The summed E-state index contributed by atoms with van der Waals surface area (Å²) in [4.78, 5) is 3.44. The number of para-hydroxylation sites is 1. The van der Waals surface area contributed by atoms with Gasteiger partial charge >= 0.3 is 0 Å². The molecular weight excluding hydrogens is 260 g/mol. The summed E-state index contributed by atoms with van der Waals surface area (Å²) in [6.07, 6.45) is 0.900. The van der Waals surface area contributed by atoms with Crippen molar-refractivity contribution in [1.29, 1.82) is 0 Å². The Labute approximate surface area is 124 Å². The van der Waals surface area contributed by atoms with E-state index in [1.165, 1.54) is 27.7 Å². The zero-order valence-corrected chi connectivity index (χ0v) is 12.1. The molecule has 0 saturated carbocycles. The maximum atomic E-state index is 9.42. The molecule has 0 amide bonds. The Morgan fingerprint density at radius 2 is 1.81 bits per heavy atom. The van der Waals surface area contributed by atoms with Crippen molar-refractivity contribution in [3.05, 3.63) is 65.4 Å². The van der Waals surface area contributed by atoms with Crippen LogP contribution in [0.15, 0.2) is 48.5 Å². The van der Waals surface area contributed by atoms with Crippen LogP contribution >= 0.6 is 0 Å². The smallest absolute Gasteiger partial charge is 0.115 e. The molecule has 4 N–H and O–H groups in total. The van der Waals surface area contributed by atoms with Gasteiger partial charge in [-0.25, -0.2) is 0 Å². The van der Waals surface area contributed by atoms with E-state index in [0.29, 0.717) is 6.54 Å². The molecule has 1 atom stereocenters. The predicted molar refractivity (Wildman–Crippen MR) is 86.6 cm³/mol. The Morgan fingerprint density at radius 3 is 2.52 bits per heavy atom. The Morgan fingerprint density at radius 1 is 1.10 bits per heavy atom. The van der Waals surface area contributed by atoms with Crippen LogP contribution in [0.1, 0.15) is 22.7 Å².